The van der Waals surface area contributed by atoms with E-state index < -0.39 is 0 Å². The van der Waals surface area contributed by atoms with Crippen LogP contribution in [0.4, 0.5) is 0 Å². The molecule has 19 heavy (non-hydrogen) atoms. The molecule has 1 unspecified atom stereocenters. The lowest BCUT2D eigenvalue weighted by Crippen LogP contribution is -2.13. The molecule has 0 saturated carbocycles. The number of carbonyl (C=O) groups is 1. The molecule has 2 aromatic carbocycles. The number of hydrogen-bond acceptors (Lipinski definition) is 1. The van der Waals surface area contributed by atoms with Crippen molar-refractivity contribution in [3.63, 3.8) is 0 Å². The highest BCUT2D eigenvalue weighted by molar-refractivity contribution is 6.09. The first-order chi connectivity index (χ1) is 9.27. The van der Waals surface area contributed by atoms with Crippen molar-refractivity contribution >= 4 is 16.6 Å². The second kappa shape index (κ2) is 4.85. The Morgan fingerprint density at radius 3 is 2.68 bits per heavy atom. The summed E-state index contributed by atoms with van der Waals surface area (Å²) in [7, 11) is 0. The fraction of sp³-hybridized carbons (Fsp3) is 0.167. The topological polar surface area (TPSA) is 17.1 Å². The number of allylic oxidation sites excluding steroid dienone is 4. The maximum atomic E-state index is 12.7. The Labute approximate surface area is 113 Å². The third-order valence-corrected chi connectivity index (χ3v) is 3.80. The van der Waals surface area contributed by atoms with Crippen LogP contribution in [0.25, 0.3) is 10.8 Å². The summed E-state index contributed by atoms with van der Waals surface area (Å²) < 4.78 is 0. The zero-order chi connectivity index (χ0) is 13.2. The van der Waals surface area contributed by atoms with Crippen molar-refractivity contribution in [1.29, 1.82) is 0 Å². The van der Waals surface area contributed by atoms with Crippen LogP contribution in [0.15, 0.2) is 66.3 Å². The van der Waals surface area contributed by atoms with Gasteiger partial charge < -0.3 is 0 Å². The van der Waals surface area contributed by atoms with E-state index in [1.807, 2.05) is 55.5 Å². The molecule has 0 spiro atoms. The molecule has 0 heterocycles. The van der Waals surface area contributed by atoms with Crippen LogP contribution in [0.1, 0.15) is 23.7 Å². The van der Waals surface area contributed by atoms with Gasteiger partial charge in [-0.25, -0.2) is 0 Å². The van der Waals surface area contributed by atoms with Crippen LogP contribution in [-0.4, -0.2) is 5.78 Å². The first-order valence-electron chi connectivity index (χ1n) is 6.65. The molecule has 0 N–H and O–H groups in total. The largest absolute Gasteiger partial charge is 0.293 e. The van der Waals surface area contributed by atoms with E-state index in [4.69, 9.17) is 0 Å². The van der Waals surface area contributed by atoms with Gasteiger partial charge >= 0.3 is 0 Å². The van der Waals surface area contributed by atoms with E-state index >= 15 is 0 Å². The standard InChI is InChI=1S/C18H16O/c1-13(14-7-2-3-8-14)18(19)17-12-6-10-15-9-4-5-11-16(15)17/h2-7,9-13H,8H2,1H3. The smallest absolute Gasteiger partial charge is 0.170 e. The van der Waals surface area contributed by atoms with E-state index in [1.54, 1.807) is 0 Å². The van der Waals surface area contributed by atoms with Crippen molar-refractivity contribution in [2.24, 2.45) is 5.92 Å². The third kappa shape index (κ3) is 2.12. The normalized spacial score (nSPS) is 15.5. The SMILES string of the molecule is CC(C(=O)c1cccc2ccccc12)C1=CC=CC1. The van der Waals surface area contributed by atoms with Crippen molar-refractivity contribution in [3.05, 3.63) is 71.8 Å². The fourth-order valence-corrected chi connectivity index (χ4v) is 2.63. The number of carbonyl (C=O) groups excluding carboxylic acids is 1. The minimum Gasteiger partial charge on any atom is -0.293 e. The lowest BCUT2D eigenvalue weighted by molar-refractivity contribution is 0.0949. The van der Waals surface area contributed by atoms with Crippen LogP contribution < -0.4 is 0 Å². The van der Waals surface area contributed by atoms with Crippen molar-refractivity contribution in [2.75, 3.05) is 0 Å². The number of hydrogen-bond donors (Lipinski definition) is 0. The number of rotatable bonds is 3. The Bertz CT molecular complexity index is 686. The summed E-state index contributed by atoms with van der Waals surface area (Å²) in [5.41, 5.74) is 2.04. The predicted octanol–water partition coefficient (Wildman–Crippen LogP) is 4.54. The van der Waals surface area contributed by atoms with Crippen LogP contribution in [0.5, 0.6) is 0 Å². The Kier molecular flexibility index (Phi) is 3.04. The molecule has 0 aliphatic heterocycles. The molecule has 1 atom stereocenters. The van der Waals surface area contributed by atoms with Gasteiger partial charge in [0.1, 0.15) is 0 Å². The predicted molar refractivity (Wildman–Crippen MR) is 79.3 cm³/mol. The van der Waals surface area contributed by atoms with Crippen LogP contribution in [0, 0.1) is 5.92 Å². The average molecular weight is 248 g/mol. The summed E-state index contributed by atoms with van der Waals surface area (Å²) >= 11 is 0. The monoisotopic (exact) mass is 248 g/mol. The van der Waals surface area contributed by atoms with Gasteiger partial charge in [0.05, 0.1) is 0 Å². The number of fused-ring (bicyclic) bond motifs is 1. The molecule has 94 valence electrons. The van der Waals surface area contributed by atoms with Gasteiger partial charge in [-0.2, -0.15) is 0 Å². The highest BCUT2D eigenvalue weighted by atomic mass is 16.1. The minimum atomic E-state index is -0.0409. The highest BCUT2D eigenvalue weighted by Crippen LogP contribution is 2.27. The maximum Gasteiger partial charge on any atom is 0.170 e. The summed E-state index contributed by atoms with van der Waals surface area (Å²) in [4.78, 5) is 12.7. The zero-order valence-electron chi connectivity index (χ0n) is 11.0. The molecular weight excluding hydrogens is 232 g/mol. The molecule has 0 radical (unpaired) electrons. The average Bonchev–Trinajstić information content (AvgIpc) is 2.99. The molecule has 3 rings (SSSR count). The molecule has 2 aromatic rings. The van der Waals surface area contributed by atoms with Crippen LogP contribution in [-0.2, 0) is 0 Å². The van der Waals surface area contributed by atoms with Crippen molar-refractivity contribution < 1.29 is 4.79 Å². The Balaban J connectivity index is 2.02. The Morgan fingerprint density at radius 1 is 1.11 bits per heavy atom. The first-order valence-corrected chi connectivity index (χ1v) is 6.65. The van der Waals surface area contributed by atoms with E-state index in [9.17, 15) is 4.79 Å². The molecule has 1 nitrogen and oxygen atoms in total. The fourth-order valence-electron chi connectivity index (χ4n) is 2.63. The zero-order valence-corrected chi connectivity index (χ0v) is 11.0. The van der Waals surface area contributed by atoms with Gasteiger partial charge in [-0.1, -0.05) is 73.2 Å². The van der Waals surface area contributed by atoms with Gasteiger partial charge in [0.15, 0.2) is 5.78 Å². The molecule has 1 aliphatic carbocycles. The molecule has 0 fully saturated rings. The molecule has 0 amide bonds. The van der Waals surface area contributed by atoms with Gasteiger partial charge in [0.2, 0.25) is 0 Å². The molecule has 1 heteroatoms. The highest BCUT2D eigenvalue weighted by Gasteiger charge is 2.21. The van der Waals surface area contributed by atoms with E-state index in [0.29, 0.717) is 0 Å². The van der Waals surface area contributed by atoms with Gasteiger partial charge in [-0.05, 0) is 17.2 Å². The summed E-state index contributed by atoms with van der Waals surface area (Å²) in [6.45, 7) is 2.00. The van der Waals surface area contributed by atoms with Gasteiger partial charge in [-0.3, -0.25) is 4.79 Å². The van der Waals surface area contributed by atoms with Crippen molar-refractivity contribution in [1.82, 2.24) is 0 Å². The van der Waals surface area contributed by atoms with E-state index in [-0.39, 0.29) is 11.7 Å². The quantitative estimate of drug-likeness (QED) is 0.728. The summed E-state index contributed by atoms with van der Waals surface area (Å²) in [5.74, 6) is 0.174. The summed E-state index contributed by atoms with van der Waals surface area (Å²) in [5, 5.41) is 2.17. The lowest BCUT2D eigenvalue weighted by atomic mass is 9.89. The molecule has 0 aromatic heterocycles. The number of ketones is 1. The van der Waals surface area contributed by atoms with Crippen LogP contribution in [0.2, 0.25) is 0 Å². The Hall–Kier alpha value is -2.15. The van der Waals surface area contributed by atoms with Gasteiger partial charge in [0.25, 0.3) is 0 Å². The molecule has 1 aliphatic rings. The summed E-state index contributed by atoms with van der Waals surface area (Å²) in [6, 6.07) is 14.0. The number of Topliss-reactive ketones (excluding diaryl/α,β-unsaturated/α-hetero) is 1. The second-order valence-electron chi connectivity index (χ2n) is 4.99. The maximum absolute atomic E-state index is 12.7. The van der Waals surface area contributed by atoms with Crippen LogP contribution >= 0.6 is 0 Å². The van der Waals surface area contributed by atoms with E-state index in [0.717, 1.165) is 22.8 Å². The second-order valence-corrected chi connectivity index (χ2v) is 4.99. The summed E-state index contributed by atoms with van der Waals surface area (Å²) in [6.07, 6.45) is 7.09. The van der Waals surface area contributed by atoms with E-state index in [2.05, 4.69) is 12.2 Å². The van der Waals surface area contributed by atoms with Crippen molar-refractivity contribution in [3.8, 4) is 0 Å². The van der Waals surface area contributed by atoms with Gasteiger partial charge in [-0.15, -0.1) is 0 Å². The van der Waals surface area contributed by atoms with Crippen LogP contribution in [0.3, 0.4) is 0 Å². The third-order valence-electron chi connectivity index (χ3n) is 3.80. The lowest BCUT2D eigenvalue weighted by Gasteiger charge is -2.13. The number of benzene rings is 2. The van der Waals surface area contributed by atoms with E-state index in [1.165, 1.54) is 5.57 Å². The first kappa shape index (κ1) is 11.9. The molecule has 0 bridgehead atoms. The van der Waals surface area contributed by atoms with Crippen molar-refractivity contribution in [2.45, 2.75) is 13.3 Å². The van der Waals surface area contributed by atoms with Gasteiger partial charge in [0, 0.05) is 11.5 Å². The molecule has 0 saturated heterocycles. The minimum absolute atomic E-state index is 0.0409. The molecular formula is C18H16O. The Morgan fingerprint density at radius 2 is 1.89 bits per heavy atom.